The zero-order chi connectivity index (χ0) is 13.5. The lowest BCUT2D eigenvalue weighted by atomic mass is 10.8. The fourth-order valence-electron chi connectivity index (χ4n) is 0.744. The Morgan fingerprint density at radius 2 is 1.76 bits per heavy atom. The Balaban J connectivity index is 4.49. The van der Waals surface area contributed by atoms with Gasteiger partial charge in [0.2, 0.25) is 16.0 Å². The number of urea groups is 1. The molecule has 0 aromatic heterocycles. The molecule has 0 rings (SSSR count). The van der Waals surface area contributed by atoms with Crippen LogP contribution in [-0.4, -0.2) is 53.9 Å². The molecule has 0 spiro atoms. The number of sulfonamides is 1. The van der Waals surface area contributed by atoms with Crippen molar-refractivity contribution in [3.63, 3.8) is 0 Å². The van der Waals surface area contributed by atoms with E-state index >= 15 is 0 Å². The topological polar surface area (TPSA) is 121 Å². The second kappa shape index (κ2) is 6.68. The first kappa shape index (κ1) is 15.2. The van der Waals surface area contributed by atoms with Crippen LogP contribution in [0, 0.1) is 0 Å². The molecule has 0 atom stereocenters. The maximum atomic E-state index is 11.2. The van der Waals surface area contributed by atoms with Crippen LogP contribution in [0.1, 0.15) is 0 Å². The van der Waals surface area contributed by atoms with E-state index in [2.05, 4.69) is 20.6 Å². The highest BCUT2D eigenvalue weighted by atomic mass is 32.2. The van der Waals surface area contributed by atoms with Gasteiger partial charge < -0.3 is 4.74 Å². The van der Waals surface area contributed by atoms with Crippen LogP contribution >= 0.6 is 0 Å². The Morgan fingerprint density at radius 1 is 1.18 bits per heavy atom. The molecule has 0 radical (unpaired) electrons. The Morgan fingerprint density at radius 3 is 2.12 bits per heavy atom. The van der Waals surface area contributed by atoms with Gasteiger partial charge in [0.25, 0.3) is 6.02 Å². The highest BCUT2D eigenvalue weighted by Gasteiger charge is 2.11. The molecule has 0 aromatic carbocycles. The van der Waals surface area contributed by atoms with Gasteiger partial charge in [0.05, 0.1) is 13.4 Å². The van der Waals surface area contributed by atoms with Crippen LogP contribution < -0.4 is 15.4 Å². The molecule has 0 aliphatic rings. The summed E-state index contributed by atoms with van der Waals surface area (Å²) in [5.74, 6) is -0.00593. The van der Waals surface area contributed by atoms with E-state index in [-0.39, 0.29) is 12.0 Å². The third kappa shape index (κ3) is 7.11. The number of aliphatic imine (C=N–C) groups is 2. The second-order valence-electron chi connectivity index (χ2n) is 2.76. The normalized spacial score (nSPS) is 12.9. The van der Waals surface area contributed by atoms with E-state index in [0.717, 1.165) is 6.26 Å². The summed E-state index contributed by atoms with van der Waals surface area (Å²) < 4.78 is 28.0. The van der Waals surface area contributed by atoms with Gasteiger partial charge in [-0.2, -0.15) is 0 Å². The first-order valence-electron chi connectivity index (χ1n) is 4.35. The third-order valence-corrected chi connectivity index (χ3v) is 1.91. The van der Waals surface area contributed by atoms with Gasteiger partial charge in [0, 0.05) is 14.1 Å². The number of nitrogens with zero attached hydrogens (tertiary/aromatic N) is 2. The van der Waals surface area contributed by atoms with Crippen LogP contribution in [0.2, 0.25) is 0 Å². The Labute approximate surface area is 99.4 Å². The summed E-state index contributed by atoms with van der Waals surface area (Å²) >= 11 is 0. The average Bonchev–Trinajstić information content (AvgIpc) is 2.21. The van der Waals surface area contributed by atoms with E-state index < -0.39 is 16.1 Å². The molecule has 2 amide bonds. The van der Waals surface area contributed by atoms with Crippen LogP contribution in [0.25, 0.3) is 0 Å². The fourth-order valence-corrected chi connectivity index (χ4v) is 1.13. The molecule has 0 aromatic rings. The maximum absolute atomic E-state index is 11.2. The molecule has 10 heteroatoms. The van der Waals surface area contributed by atoms with Crippen LogP contribution in [0.3, 0.4) is 0 Å². The van der Waals surface area contributed by atoms with Gasteiger partial charge in [0.1, 0.15) is 0 Å². The maximum Gasteiger partial charge on any atom is 0.335 e. The van der Waals surface area contributed by atoms with Crippen molar-refractivity contribution in [2.45, 2.75) is 0 Å². The zero-order valence-electron chi connectivity index (χ0n) is 9.94. The molecule has 0 aliphatic heterocycles. The first-order chi connectivity index (χ1) is 7.82. The van der Waals surface area contributed by atoms with E-state index in [0.29, 0.717) is 0 Å². The SMILES string of the molecule is CN=C(NC(=O)NS(C)(=O)=O)NC(=NC)OC. The molecule has 3 N–H and O–H groups in total. The summed E-state index contributed by atoms with van der Waals surface area (Å²) in [6, 6.07) is -0.822. The molecule has 9 nitrogen and oxygen atoms in total. The average molecular weight is 265 g/mol. The highest BCUT2D eigenvalue weighted by Crippen LogP contribution is 1.78. The van der Waals surface area contributed by atoms with E-state index in [4.69, 9.17) is 4.74 Å². The van der Waals surface area contributed by atoms with Gasteiger partial charge in [-0.25, -0.2) is 22.9 Å². The van der Waals surface area contributed by atoms with E-state index in [9.17, 15) is 13.2 Å². The molecule has 0 heterocycles. The molecule has 0 fully saturated rings. The number of nitrogens with one attached hydrogen (secondary N) is 3. The molecule has 0 saturated heterocycles. The van der Waals surface area contributed by atoms with Crippen LogP contribution in [0.4, 0.5) is 4.79 Å². The summed E-state index contributed by atoms with van der Waals surface area (Å²) in [5.41, 5.74) is 0. The number of amides is 2. The summed E-state index contributed by atoms with van der Waals surface area (Å²) in [7, 11) is 0.614. The van der Waals surface area contributed by atoms with Crippen molar-refractivity contribution >= 4 is 28.0 Å². The third-order valence-electron chi connectivity index (χ3n) is 1.36. The Hall–Kier alpha value is -1.84. The molecule has 17 heavy (non-hydrogen) atoms. The fraction of sp³-hybridized carbons (Fsp3) is 0.571. The lowest BCUT2D eigenvalue weighted by molar-refractivity contribution is 0.250. The standard InChI is InChI=1S/C7H15N5O4S/c1-8-5(11-7(9-2)16-3)10-6(13)12-17(4,14)15/h1-4H3,(H3,8,9,10,11,12,13). The van der Waals surface area contributed by atoms with Crippen molar-refractivity contribution in [1.29, 1.82) is 0 Å². The van der Waals surface area contributed by atoms with Crippen molar-refractivity contribution < 1.29 is 17.9 Å². The number of amidine groups is 1. The molecular formula is C7H15N5O4S. The summed E-state index contributed by atoms with van der Waals surface area (Å²) in [5, 5.41) is 4.70. The van der Waals surface area contributed by atoms with Gasteiger partial charge in [-0.15, -0.1) is 0 Å². The second-order valence-corrected chi connectivity index (χ2v) is 4.51. The smallest absolute Gasteiger partial charge is 0.335 e. The number of hydrogen-bond acceptors (Lipinski definition) is 6. The number of methoxy groups -OCH3 is 1. The molecule has 98 valence electrons. The molecule has 0 aliphatic carbocycles. The van der Waals surface area contributed by atoms with Crippen molar-refractivity contribution in [2.75, 3.05) is 27.5 Å². The van der Waals surface area contributed by atoms with Crippen LogP contribution in [0.5, 0.6) is 0 Å². The number of carbonyl (C=O) groups is 1. The Bertz CT molecular complexity index is 428. The van der Waals surface area contributed by atoms with Gasteiger partial charge in [-0.05, 0) is 0 Å². The lowest BCUT2D eigenvalue weighted by Gasteiger charge is -2.11. The van der Waals surface area contributed by atoms with Crippen LogP contribution in [0.15, 0.2) is 9.98 Å². The molecule has 0 saturated carbocycles. The number of ether oxygens (including phenoxy) is 1. The minimum atomic E-state index is -3.62. The summed E-state index contributed by atoms with van der Waals surface area (Å²) in [4.78, 5) is 18.5. The number of guanidine groups is 1. The van der Waals surface area contributed by atoms with E-state index in [1.165, 1.54) is 21.2 Å². The largest absolute Gasteiger partial charge is 0.468 e. The lowest BCUT2D eigenvalue weighted by Crippen LogP contribution is -2.49. The summed E-state index contributed by atoms with van der Waals surface area (Å²) in [6.45, 7) is 0. The van der Waals surface area contributed by atoms with Crippen molar-refractivity contribution in [3.05, 3.63) is 0 Å². The number of rotatable bonds is 1. The van der Waals surface area contributed by atoms with Gasteiger partial charge in [0.15, 0.2) is 0 Å². The molecule has 0 unspecified atom stereocenters. The van der Waals surface area contributed by atoms with E-state index in [1.54, 1.807) is 4.72 Å². The quantitative estimate of drug-likeness (QED) is 0.391. The minimum Gasteiger partial charge on any atom is -0.468 e. The predicted molar refractivity (Wildman–Crippen MR) is 63.4 cm³/mol. The van der Waals surface area contributed by atoms with Crippen molar-refractivity contribution in [3.8, 4) is 0 Å². The summed E-state index contributed by atoms with van der Waals surface area (Å²) in [6.07, 6.45) is 0.858. The number of hydrogen-bond donors (Lipinski definition) is 3. The van der Waals surface area contributed by atoms with Gasteiger partial charge >= 0.3 is 6.03 Å². The first-order valence-corrected chi connectivity index (χ1v) is 6.25. The monoisotopic (exact) mass is 265 g/mol. The molecular weight excluding hydrogens is 250 g/mol. The number of carbonyl (C=O) groups excluding carboxylic acids is 1. The molecule has 0 bridgehead atoms. The minimum absolute atomic E-state index is 0.00593. The Kier molecular flexibility index (Phi) is 5.96. The van der Waals surface area contributed by atoms with Gasteiger partial charge in [-0.1, -0.05) is 0 Å². The highest BCUT2D eigenvalue weighted by molar-refractivity contribution is 7.89. The van der Waals surface area contributed by atoms with Gasteiger partial charge in [-0.3, -0.25) is 15.6 Å². The van der Waals surface area contributed by atoms with E-state index in [1.807, 2.05) is 0 Å². The predicted octanol–water partition coefficient (Wildman–Crippen LogP) is -1.55. The zero-order valence-corrected chi connectivity index (χ0v) is 10.8. The van der Waals surface area contributed by atoms with Crippen LogP contribution in [-0.2, 0) is 14.8 Å². The van der Waals surface area contributed by atoms with Crippen molar-refractivity contribution in [2.24, 2.45) is 9.98 Å². The van der Waals surface area contributed by atoms with Crippen molar-refractivity contribution in [1.82, 2.24) is 15.4 Å².